The highest BCUT2D eigenvalue weighted by Crippen LogP contribution is 2.08. The third-order valence-electron chi connectivity index (χ3n) is 3.18. The highest BCUT2D eigenvalue weighted by Gasteiger charge is 2.16. The number of benzene rings is 1. The first kappa shape index (κ1) is 18.0. The summed E-state index contributed by atoms with van der Waals surface area (Å²) < 4.78 is 25.8. The molecular weight excluding hydrogens is 294 g/mol. The van der Waals surface area contributed by atoms with Gasteiger partial charge in [-0.3, -0.25) is 9.59 Å². The Balaban J connectivity index is 2.52. The Bertz CT molecular complexity index is 536. The molecule has 5 nitrogen and oxygen atoms in total. The lowest BCUT2D eigenvalue weighted by Crippen LogP contribution is -2.44. The molecular formula is C15H20F2N2O3. The minimum absolute atomic E-state index is 0.0512. The summed E-state index contributed by atoms with van der Waals surface area (Å²) in [5.41, 5.74) is -0.0672. The van der Waals surface area contributed by atoms with Gasteiger partial charge < -0.3 is 15.7 Å². The standard InChI is InChI=1S/C15H20F2N2O3/c1-9(2)13(5-6-20)19-14(21)8-18-15(22)10-3-4-11(16)12(17)7-10/h3-4,7,9,13,20H,5-6,8H2,1-2H3,(H,18,22)(H,19,21). The first-order valence-electron chi connectivity index (χ1n) is 6.98. The van der Waals surface area contributed by atoms with E-state index >= 15 is 0 Å². The number of carbonyl (C=O) groups excluding carboxylic acids is 2. The van der Waals surface area contributed by atoms with E-state index in [1.165, 1.54) is 0 Å². The van der Waals surface area contributed by atoms with E-state index < -0.39 is 23.4 Å². The predicted octanol–water partition coefficient (Wildman–Crippen LogP) is 1.22. The lowest BCUT2D eigenvalue weighted by molar-refractivity contribution is -0.121. The molecule has 0 bridgehead atoms. The van der Waals surface area contributed by atoms with Gasteiger partial charge >= 0.3 is 0 Å². The Labute approximate surface area is 127 Å². The summed E-state index contributed by atoms with van der Waals surface area (Å²) >= 11 is 0. The first-order chi connectivity index (χ1) is 10.3. The molecule has 0 saturated heterocycles. The van der Waals surface area contributed by atoms with Gasteiger partial charge in [-0.15, -0.1) is 0 Å². The van der Waals surface area contributed by atoms with Gasteiger partial charge in [-0.25, -0.2) is 8.78 Å². The van der Waals surface area contributed by atoms with E-state index in [4.69, 9.17) is 5.11 Å². The zero-order valence-corrected chi connectivity index (χ0v) is 12.5. The second-order valence-corrected chi connectivity index (χ2v) is 5.24. The number of aliphatic hydroxyl groups is 1. The Morgan fingerprint density at radius 2 is 1.91 bits per heavy atom. The average molecular weight is 314 g/mol. The zero-order valence-electron chi connectivity index (χ0n) is 12.5. The molecule has 7 heteroatoms. The van der Waals surface area contributed by atoms with Crippen LogP contribution in [0.2, 0.25) is 0 Å². The van der Waals surface area contributed by atoms with Crippen molar-refractivity contribution >= 4 is 11.8 Å². The molecule has 1 atom stereocenters. The van der Waals surface area contributed by atoms with Crippen molar-refractivity contribution in [3.8, 4) is 0 Å². The average Bonchev–Trinajstić information content (AvgIpc) is 2.47. The first-order valence-corrected chi connectivity index (χ1v) is 6.98. The van der Waals surface area contributed by atoms with E-state index in [2.05, 4.69) is 10.6 Å². The van der Waals surface area contributed by atoms with Crippen LogP contribution in [0.15, 0.2) is 18.2 Å². The van der Waals surface area contributed by atoms with Crippen molar-refractivity contribution < 1.29 is 23.5 Å². The maximum Gasteiger partial charge on any atom is 0.251 e. The van der Waals surface area contributed by atoms with Crippen LogP contribution >= 0.6 is 0 Å². The largest absolute Gasteiger partial charge is 0.396 e. The summed E-state index contributed by atoms with van der Waals surface area (Å²) in [6.45, 7) is 3.47. The number of aliphatic hydroxyl groups excluding tert-OH is 1. The number of amides is 2. The molecule has 1 rings (SSSR count). The smallest absolute Gasteiger partial charge is 0.251 e. The van der Waals surface area contributed by atoms with Gasteiger partial charge in [-0.1, -0.05) is 13.8 Å². The molecule has 0 fully saturated rings. The van der Waals surface area contributed by atoms with Gasteiger partial charge in [-0.2, -0.15) is 0 Å². The highest BCUT2D eigenvalue weighted by atomic mass is 19.2. The Morgan fingerprint density at radius 1 is 1.23 bits per heavy atom. The Hall–Kier alpha value is -2.02. The van der Waals surface area contributed by atoms with Gasteiger partial charge in [0.1, 0.15) is 0 Å². The molecule has 0 aliphatic carbocycles. The van der Waals surface area contributed by atoms with E-state index in [0.29, 0.717) is 6.42 Å². The maximum atomic E-state index is 13.0. The maximum absolute atomic E-state index is 13.0. The number of carbonyl (C=O) groups is 2. The van der Waals surface area contributed by atoms with Crippen molar-refractivity contribution in [1.82, 2.24) is 10.6 Å². The molecule has 1 unspecified atom stereocenters. The van der Waals surface area contributed by atoms with Gasteiger partial charge in [0.15, 0.2) is 11.6 Å². The Kier molecular flexibility index (Phi) is 6.91. The molecule has 2 amide bonds. The molecule has 0 saturated carbocycles. The van der Waals surface area contributed by atoms with Crippen LogP contribution in [-0.2, 0) is 4.79 Å². The van der Waals surface area contributed by atoms with Gasteiger partial charge in [0.2, 0.25) is 5.91 Å². The van der Waals surface area contributed by atoms with E-state index in [9.17, 15) is 18.4 Å². The van der Waals surface area contributed by atoms with Crippen molar-refractivity contribution in [2.24, 2.45) is 5.92 Å². The van der Waals surface area contributed by atoms with Crippen molar-refractivity contribution in [2.75, 3.05) is 13.2 Å². The molecule has 0 aliphatic rings. The quantitative estimate of drug-likeness (QED) is 0.708. The molecule has 3 N–H and O–H groups in total. The summed E-state index contributed by atoms with van der Waals surface area (Å²) in [6.07, 6.45) is 0.417. The van der Waals surface area contributed by atoms with E-state index in [-0.39, 0.29) is 30.7 Å². The highest BCUT2D eigenvalue weighted by molar-refractivity contribution is 5.96. The molecule has 0 aliphatic heterocycles. The molecule has 122 valence electrons. The molecule has 1 aromatic carbocycles. The van der Waals surface area contributed by atoms with Gasteiger partial charge in [0.05, 0.1) is 6.54 Å². The third-order valence-corrected chi connectivity index (χ3v) is 3.18. The summed E-state index contributed by atoms with van der Waals surface area (Å²) in [5.74, 6) is -3.11. The van der Waals surface area contributed by atoms with E-state index in [1.54, 1.807) is 0 Å². The molecule has 0 radical (unpaired) electrons. The SMILES string of the molecule is CC(C)C(CCO)NC(=O)CNC(=O)c1ccc(F)c(F)c1. The number of hydrogen-bond acceptors (Lipinski definition) is 3. The van der Waals surface area contributed by atoms with Gasteiger partial charge in [0, 0.05) is 18.2 Å². The van der Waals surface area contributed by atoms with Crippen LogP contribution in [-0.4, -0.2) is 36.1 Å². The number of rotatable bonds is 7. The van der Waals surface area contributed by atoms with E-state index in [0.717, 1.165) is 18.2 Å². The molecule has 0 heterocycles. The molecule has 0 aromatic heterocycles. The molecule has 22 heavy (non-hydrogen) atoms. The van der Waals surface area contributed by atoms with Crippen molar-refractivity contribution in [1.29, 1.82) is 0 Å². The second-order valence-electron chi connectivity index (χ2n) is 5.24. The van der Waals surface area contributed by atoms with Gasteiger partial charge in [0.25, 0.3) is 5.91 Å². The second kappa shape index (κ2) is 8.43. The van der Waals surface area contributed by atoms with Crippen LogP contribution in [0.1, 0.15) is 30.6 Å². The van der Waals surface area contributed by atoms with Crippen LogP contribution < -0.4 is 10.6 Å². The Morgan fingerprint density at radius 3 is 2.45 bits per heavy atom. The minimum Gasteiger partial charge on any atom is -0.396 e. The zero-order chi connectivity index (χ0) is 16.7. The number of nitrogens with one attached hydrogen (secondary N) is 2. The van der Waals surface area contributed by atoms with Crippen molar-refractivity contribution in [3.63, 3.8) is 0 Å². The van der Waals surface area contributed by atoms with Crippen LogP contribution in [0.25, 0.3) is 0 Å². The van der Waals surface area contributed by atoms with Crippen molar-refractivity contribution in [2.45, 2.75) is 26.3 Å². The summed E-state index contributed by atoms with van der Waals surface area (Å²) in [4.78, 5) is 23.5. The molecule has 0 spiro atoms. The summed E-state index contributed by atoms with van der Waals surface area (Å²) in [5, 5.41) is 14.0. The summed E-state index contributed by atoms with van der Waals surface area (Å²) in [6, 6.07) is 2.55. The van der Waals surface area contributed by atoms with Crippen LogP contribution in [0.3, 0.4) is 0 Å². The topological polar surface area (TPSA) is 78.4 Å². The van der Waals surface area contributed by atoms with Crippen LogP contribution in [0, 0.1) is 17.6 Å². The minimum atomic E-state index is -1.13. The summed E-state index contributed by atoms with van der Waals surface area (Å²) in [7, 11) is 0. The molecule has 1 aromatic rings. The van der Waals surface area contributed by atoms with Crippen LogP contribution in [0.4, 0.5) is 8.78 Å². The predicted molar refractivity (Wildman–Crippen MR) is 77.2 cm³/mol. The van der Waals surface area contributed by atoms with Crippen LogP contribution in [0.5, 0.6) is 0 Å². The lowest BCUT2D eigenvalue weighted by Gasteiger charge is -2.21. The fourth-order valence-electron chi connectivity index (χ4n) is 1.87. The lowest BCUT2D eigenvalue weighted by atomic mass is 10.0. The third kappa shape index (κ3) is 5.40. The van der Waals surface area contributed by atoms with Crippen molar-refractivity contribution in [3.05, 3.63) is 35.4 Å². The van der Waals surface area contributed by atoms with E-state index in [1.807, 2.05) is 13.8 Å². The van der Waals surface area contributed by atoms with Gasteiger partial charge in [-0.05, 0) is 30.5 Å². The fourth-order valence-corrected chi connectivity index (χ4v) is 1.87. The normalized spacial score (nSPS) is 12.1. The number of halogens is 2. The monoisotopic (exact) mass is 314 g/mol. The fraction of sp³-hybridized carbons (Fsp3) is 0.467. The number of hydrogen-bond donors (Lipinski definition) is 3.